The highest BCUT2D eigenvalue weighted by atomic mass is 16.5. The van der Waals surface area contributed by atoms with Gasteiger partial charge in [-0.15, -0.1) is 0 Å². The van der Waals surface area contributed by atoms with Crippen LogP contribution in [0.25, 0.3) is 0 Å². The Labute approximate surface area is 390 Å². The van der Waals surface area contributed by atoms with Crippen molar-refractivity contribution in [3.8, 4) is 0 Å². The Bertz CT molecular complexity index is 1500. The molecule has 66 heavy (non-hydrogen) atoms. The molecule has 11 atom stereocenters. The molecule has 0 bridgehead atoms. The van der Waals surface area contributed by atoms with Crippen molar-refractivity contribution in [1.29, 1.82) is 0 Å². The number of nitrogens with one attached hydrogen (secondary N) is 4. The van der Waals surface area contributed by atoms with Crippen LogP contribution in [0.5, 0.6) is 0 Å². The summed E-state index contributed by atoms with van der Waals surface area (Å²) in [5.74, 6) is -7.01. The van der Waals surface area contributed by atoms with Crippen molar-refractivity contribution in [1.82, 2.24) is 21.3 Å². The number of nitrogens with two attached hydrogens (primary N) is 4. The van der Waals surface area contributed by atoms with Crippen LogP contribution in [0, 0.1) is 41.4 Å². The number of amides is 4. The van der Waals surface area contributed by atoms with Crippen molar-refractivity contribution in [2.24, 2.45) is 74.3 Å². The largest absolute Gasteiger partial charge is 0.481 e. The molecule has 14 N–H and O–H groups in total. The van der Waals surface area contributed by atoms with Gasteiger partial charge in [-0.25, -0.2) is 9.98 Å². The van der Waals surface area contributed by atoms with Crippen LogP contribution in [0.3, 0.4) is 0 Å². The van der Waals surface area contributed by atoms with Crippen molar-refractivity contribution in [3.63, 3.8) is 0 Å². The lowest BCUT2D eigenvalue weighted by Gasteiger charge is -2.37. The first-order valence-corrected chi connectivity index (χ1v) is 23.4. The number of carboxylic acid groups (broad SMARTS) is 2. The van der Waals surface area contributed by atoms with E-state index in [1.807, 2.05) is 27.7 Å². The second-order valence-electron chi connectivity index (χ2n) is 17.5. The van der Waals surface area contributed by atoms with Gasteiger partial charge in [-0.3, -0.25) is 28.8 Å². The van der Waals surface area contributed by atoms with Gasteiger partial charge >= 0.3 is 11.9 Å². The molecule has 0 saturated heterocycles. The number of carbonyl (C=O) groups excluding carboxylic acids is 4. The summed E-state index contributed by atoms with van der Waals surface area (Å²) in [6.07, 6.45) is 2.61. The van der Waals surface area contributed by atoms with Gasteiger partial charge in [0, 0.05) is 65.5 Å². The highest BCUT2D eigenvalue weighted by molar-refractivity contribution is 5.79. The van der Waals surface area contributed by atoms with E-state index in [1.165, 1.54) is 13.8 Å². The molecule has 2 aliphatic carbocycles. The standard InChI is InChI=1S/C44H80N10O12.H2/c1-8-27(9-2)37(51-25(6)55)35-31(53-43(45)46)20-29(41(59)60)39(35)65-22-33(57)49-14-18-63-16-12-24(5)13-17-64-19-15-50-34(58)23-66-40-30(42(61)62)21-32(54-44(47)48)36(40)38(52-26(7)56)28(10-3)11-4;/h24,27-32,35-40H,8-23H2,1-7H3,(H,49,57)(H,50,58)(H,51,55)(H,52,56)(H,59,60)(H,61,62)(H4,45,46,53)(H4,47,48,54);1H/t24?,29-,30?,31+,32+,35+,36+,37+,38+,39+,40+;/m0./s1/i;1+2. The number of carbonyl (C=O) groups is 6. The second-order valence-corrected chi connectivity index (χ2v) is 17.5. The van der Waals surface area contributed by atoms with E-state index in [0.29, 0.717) is 38.9 Å². The highest BCUT2D eigenvalue weighted by Crippen LogP contribution is 2.43. The quantitative estimate of drug-likeness (QED) is 0.0246. The molecule has 22 nitrogen and oxygen atoms in total. The predicted molar refractivity (Wildman–Crippen MR) is 249 cm³/mol. The molecule has 0 radical (unpaired) electrons. The smallest absolute Gasteiger partial charge is 0.309 e. The average Bonchev–Trinajstić information content (AvgIpc) is 3.78. The number of hydrogen-bond acceptors (Lipinski definition) is 12. The minimum absolute atomic E-state index is 0. The number of ether oxygens (including phenoxy) is 4. The van der Waals surface area contributed by atoms with Gasteiger partial charge in [-0.2, -0.15) is 0 Å². The molecule has 2 unspecified atom stereocenters. The van der Waals surface area contributed by atoms with E-state index >= 15 is 0 Å². The Morgan fingerprint density at radius 3 is 1.26 bits per heavy atom. The Morgan fingerprint density at radius 1 is 0.621 bits per heavy atom. The number of hydrogen-bond donors (Lipinski definition) is 10. The number of aliphatic imine (C=N–C) groups is 2. The number of carboxylic acids is 2. The third kappa shape index (κ3) is 18.8. The normalized spacial score (nSPS) is 24.0. The lowest BCUT2D eigenvalue weighted by Crippen LogP contribution is -2.52. The second kappa shape index (κ2) is 29.8. The molecule has 0 aromatic carbocycles. The topological polar surface area (TPSA) is 357 Å². The molecule has 2 fully saturated rings. The Morgan fingerprint density at radius 2 is 0.970 bits per heavy atom. The van der Waals surface area contributed by atoms with Crippen molar-refractivity contribution < 1.29 is 59.4 Å². The van der Waals surface area contributed by atoms with Crippen LogP contribution in [0.1, 0.15) is 101 Å². The minimum Gasteiger partial charge on any atom is -0.481 e. The molecule has 0 spiro atoms. The lowest BCUT2D eigenvalue weighted by molar-refractivity contribution is -0.150. The molecule has 22 heteroatoms. The summed E-state index contributed by atoms with van der Waals surface area (Å²) in [4.78, 5) is 83.5. The number of nitrogens with zero attached hydrogens (tertiary/aromatic N) is 2. The summed E-state index contributed by atoms with van der Waals surface area (Å²) >= 11 is 0. The van der Waals surface area contributed by atoms with Crippen LogP contribution >= 0.6 is 0 Å². The van der Waals surface area contributed by atoms with E-state index < -0.39 is 97.0 Å². The van der Waals surface area contributed by atoms with Gasteiger partial charge in [0.25, 0.3) is 0 Å². The highest BCUT2D eigenvalue weighted by Gasteiger charge is 2.54. The molecule has 0 aromatic heterocycles. The summed E-state index contributed by atoms with van der Waals surface area (Å²) in [6.45, 7) is 13.8. The summed E-state index contributed by atoms with van der Waals surface area (Å²) in [7, 11) is 0. The number of guanidine groups is 2. The van der Waals surface area contributed by atoms with Crippen LogP contribution < -0.4 is 44.2 Å². The zero-order valence-electron chi connectivity index (χ0n) is 40.0. The molecule has 2 rings (SSSR count). The molecule has 0 aliphatic heterocycles. The molecule has 2 saturated carbocycles. The van der Waals surface area contributed by atoms with Crippen molar-refractivity contribution >= 4 is 47.5 Å². The molecule has 0 aromatic rings. The van der Waals surface area contributed by atoms with E-state index in [9.17, 15) is 39.0 Å². The first-order valence-electron chi connectivity index (χ1n) is 23.4. The monoisotopic (exact) mass is 945 g/mol. The zero-order valence-corrected chi connectivity index (χ0v) is 40.0. The SMILES string of the molecule is CCC(CC)[C@@H](NC(C)=O)[C@@H]1[C@H](OCC(=O)NCCOCCC(C)CCOCCNC(=O)CO[C@H]2[C@@H]([C@H](NC(C)=O)C(CC)CC)[C@H](N=C(N)N)C[C@@H]2C(=O)O)C(C(=O)O)C[C@H]1N=C(N)N.[3HH]. The molecule has 0 heterocycles. The van der Waals surface area contributed by atoms with Gasteiger partial charge in [0.1, 0.15) is 13.2 Å². The number of aliphatic carboxylic acids is 2. The Hall–Kier alpha value is -4.80. The van der Waals surface area contributed by atoms with Gasteiger partial charge in [-0.1, -0.05) is 60.3 Å². The van der Waals surface area contributed by atoms with Crippen LogP contribution in [0.2, 0.25) is 0 Å². The minimum atomic E-state index is -1.11. The third-order valence-electron chi connectivity index (χ3n) is 12.8. The molecular weight excluding hydrogens is 861 g/mol. The van der Waals surface area contributed by atoms with Crippen molar-refractivity contribution in [2.75, 3.05) is 52.7 Å². The van der Waals surface area contributed by atoms with Crippen LogP contribution in [0.15, 0.2) is 9.98 Å². The first kappa shape index (κ1) is 57.3. The van der Waals surface area contributed by atoms with E-state index in [1.54, 1.807) is 0 Å². The summed E-state index contributed by atoms with van der Waals surface area (Å²) < 4.78 is 23.5. The van der Waals surface area contributed by atoms with Crippen LogP contribution in [-0.4, -0.2) is 147 Å². The first-order chi connectivity index (χ1) is 31.3. The fourth-order valence-electron chi connectivity index (χ4n) is 9.57. The van der Waals surface area contributed by atoms with E-state index in [-0.39, 0.29) is 82.1 Å². The summed E-state index contributed by atoms with van der Waals surface area (Å²) in [5, 5.41) is 31.6. The van der Waals surface area contributed by atoms with Gasteiger partial charge in [0.15, 0.2) is 11.9 Å². The van der Waals surface area contributed by atoms with E-state index in [0.717, 1.165) is 12.8 Å². The lowest BCUT2D eigenvalue weighted by atomic mass is 9.80. The maximum Gasteiger partial charge on any atom is 0.309 e. The Kier molecular flexibility index (Phi) is 25.8. The van der Waals surface area contributed by atoms with E-state index in [4.69, 9.17) is 41.9 Å². The van der Waals surface area contributed by atoms with Crippen molar-refractivity contribution in [3.05, 3.63) is 0 Å². The van der Waals surface area contributed by atoms with Gasteiger partial charge in [0.2, 0.25) is 23.6 Å². The van der Waals surface area contributed by atoms with Gasteiger partial charge < -0.3 is 73.4 Å². The Balaban J connectivity index is 0.0000224. The zero-order chi connectivity index (χ0) is 49.5. The fourth-order valence-corrected chi connectivity index (χ4v) is 9.57. The molecule has 4 amide bonds. The molecule has 380 valence electrons. The molecule has 2 aliphatic rings. The number of rotatable bonds is 32. The fraction of sp³-hybridized carbons (Fsp3) is 0.818. The summed E-state index contributed by atoms with van der Waals surface area (Å²) in [5.41, 5.74) is 22.9. The van der Waals surface area contributed by atoms with E-state index in [2.05, 4.69) is 38.2 Å². The maximum atomic E-state index is 12.8. The average molecular weight is 945 g/mol. The predicted octanol–water partition coefficient (Wildman–Crippen LogP) is 0.292. The van der Waals surface area contributed by atoms with Crippen molar-refractivity contribution in [2.45, 2.75) is 136 Å². The van der Waals surface area contributed by atoms with Crippen LogP contribution in [-0.2, 0) is 47.7 Å². The summed E-state index contributed by atoms with van der Waals surface area (Å²) in [6, 6.07) is -2.24. The van der Waals surface area contributed by atoms with Gasteiger partial charge in [0.05, 0.1) is 49.3 Å². The third-order valence-corrected chi connectivity index (χ3v) is 12.8. The molecular formula is C44H82N10O12. The van der Waals surface area contributed by atoms with Gasteiger partial charge in [-0.05, 0) is 43.4 Å². The maximum absolute atomic E-state index is 12.8. The van der Waals surface area contributed by atoms with Crippen LogP contribution in [0.4, 0.5) is 0 Å².